The highest BCUT2D eigenvalue weighted by Gasteiger charge is 2.28. The molecule has 6 rings (SSSR count). The number of halogens is 1. The number of nitrogens with zero attached hydrogens (tertiary/aromatic N) is 4. The number of piperazine rings is 1. The predicted molar refractivity (Wildman–Crippen MR) is 132 cm³/mol. The Labute approximate surface area is 200 Å². The van der Waals surface area contributed by atoms with E-state index in [1.54, 1.807) is 6.07 Å². The number of fused-ring (bicyclic) bond motifs is 2. The number of rotatable bonds is 6. The van der Waals surface area contributed by atoms with Gasteiger partial charge in [-0.3, -0.25) is 9.69 Å². The molecular weight excluding hydrogens is 449 g/mol. The van der Waals surface area contributed by atoms with Crippen LogP contribution in [0, 0.1) is 5.82 Å². The van der Waals surface area contributed by atoms with Crippen molar-refractivity contribution in [3.8, 4) is 0 Å². The highest BCUT2D eigenvalue weighted by Crippen LogP contribution is 2.38. The number of nitrogens with one attached hydrogen (secondary N) is 1. The van der Waals surface area contributed by atoms with Gasteiger partial charge in [0, 0.05) is 56.8 Å². The van der Waals surface area contributed by atoms with E-state index in [9.17, 15) is 14.7 Å². The molecule has 0 radical (unpaired) electrons. The molecule has 0 unspecified atom stereocenters. The Morgan fingerprint density at radius 3 is 2.63 bits per heavy atom. The summed E-state index contributed by atoms with van der Waals surface area (Å²) < 4.78 is 17.0. The fourth-order valence-corrected chi connectivity index (χ4v) is 5.01. The van der Waals surface area contributed by atoms with Crippen molar-refractivity contribution >= 4 is 33.6 Å². The Balaban J connectivity index is 1.19. The third-order valence-corrected chi connectivity index (χ3v) is 7.09. The molecule has 35 heavy (non-hydrogen) atoms. The van der Waals surface area contributed by atoms with Crippen LogP contribution in [0.15, 0.2) is 47.4 Å². The van der Waals surface area contributed by atoms with E-state index in [2.05, 4.69) is 14.9 Å². The highest BCUT2D eigenvalue weighted by molar-refractivity contribution is 5.93. The maximum atomic E-state index is 15.2. The average molecular weight is 476 g/mol. The molecule has 3 heterocycles. The van der Waals surface area contributed by atoms with E-state index in [1.165, 1.54) is 12.3 Å². The summed E-state index contributed by atoms with van der Waals surface area (Å²) in [4.78, 5) is 36.6. The molecule has 1 aliphatic heterocycles. The smallest absolute Gasteiger partial charge is 0.341 e. The largest absolute Gasteiger partial charge is 0.477 e. The monoisotopic (exact) mass is 475 g/mol. The van der Waals surface area contributed by atoms with Gasteiger partial charge in [0.15, 0.2) is 0 Å². The third-order valence-electron chi connectivity index (χ3n) is 7.09. The van der Waals surface area contributed by atoms with Gasteiger partial charge in [-0.25, -0.2) is 14.2 Å². The van der Waals surface area contributed by atoms with Crippen LogP contribution in [-0.2, 0) is 6.42 Å². The summed E-state index contributed by atoms with van der Waals surface area (Å²) in [6, 6.07) is 11.1. The van der Waals surface area contributed by atoms with Crippen LogP contribution < -0.4 is 10.3 Å². The van der Waals surface area contributed by atoms with Crippen LogP contribution in [0.2, 0.25) is 0 Å². The van der Waals surface area contributed by atoms with Crippen LogP contribution >= 0.6 is 0 Å². The van der Waals surface area contributed by atoms with Gasteiger partial charge >= 0.3 is 5.97 Å². The minimum absolute atomic E-state index is 0.127. The number of aromatic carboxylic acids is 1. The lowest BCUT2D eigenvalue weighted by molar-refractivity contribution is 0.0695. The summed E-state index contributed by atoms with van der Waals surface area (Å²) in [5.41, 5.74) is 2.14. The normalized spacial score (nSPS) is 16.9. The fraction of sp³-hybridized carbons (Fsp3) is 0.346. The molecule has 9 heteroatoms. The second-order valence-corrected chi connectivity index (χ2v) is 9.42. The molecule has 4 aromatic rings. The van der Waals surface area contributed by atoms with E-state index in [0.717, 1.165) is 55.8 Å². The third kappa shape index (κ3) is 4.05. The van der Waals surface area contributed by atoms with Crippen LogP contribution in [0.5, 0.6) is 0 Å². The summed E-state index contributed by atoms with van der Waals surface area (Å²) in [7, 11) is 0. The number of anilines is 1. The Bertz CT molecular complexity index is 1470. The maximum Gasteiger partial charge on any atom is 0.341 e. The first-order chi connectivity index (χ1) is 17.0. The van der Waals surface area contributed by atoms with E-state index in [4.69, 9.17) is 0 Å². The molecule has 2 fully saturated rings. The summed E-state index contributed by atoms with van der Waals surface area (Å²) in [5, 5.41) is 9.56. The number of pyridine rings is 1. The van der Waals surface area contributed by atoms with Crippen molar-refractivity contribution < 1.29 is 14.3 Å². The highest BCUT2D eigenvalue weighted by atomic mass is 19.1. The number of hydrogen-bond acceptors (Lipinski definition) is 5. The van der Waals surface area contributed by atoms with Crippen LogP contribution in [0.4, 0.5) is 10.1 Å². The molecular formula is C26H26FN5O3. The molecule has 2 aromatic heterocycles. The minimum Gasteiger partial charge on any atom is -0.477 e. The van der Waals surface area contributed by atoms with Crippen molar-refractivity contribution in [3.05, 3.63) is 70.0 Å². The van der Waals surface area contributed by atoms with Gasteiger partial charge in [0.05, 0.1) is 22.2 Å². The van der Waals surface area contributed by atoms with Crippen LogP contribution in [-0.4, -0.2) is 63.2 Å². The Morgan fingerprint density at radius 2 is 1.91 bits per heavy atom. The first kappa shape index (κ1) is 21.8. The molecule has 1 saturated carbocycles. The van der Waals surface area contributed by atoms with Crippen LogP contribution in [0.3, 0.4) is 0 Å². The van der Waals surface area contributed by atoms with Gasteiger partial charge in [-0.1, -0.05) is 12.1 Å². The standard InChI is InChI=1S/C26H26FN5O3/c27-19-13-17-22(32(16-5-6-16)15-18(25(17)33)26(34)35)14-23(19)31-11-9-30(10-12-31)8-7-24-28-20-3-1-2-4-21(20)29-24/h1-4,13-16H,5-12H2,(H,28,29)(H,34,35). The van der Waals surface area contributed by atoms with E-state index < -0.39 is 17.2 Å². The molecule has 1 saturated heterocycles. The Morgan fingerprint density at radius 1 is 1.14 bits per heavy atom. The molecule has 0 bridgehead atoms. The van der Waals surface area contributed by atoms with Crippen molar-refractivity contribution in [3.63, 3.8) is 0 Å². The molecule has 1 aliphatic carbocycles. The predicted octanol–water partition coefficient (Wildman–Crippen LogP) is 3.41. The first-order valence-electron chi connectivity index (χ1n) is 12.0. The van der Waals surface area contributed by atoms with Gasteiger partial charge in [0.2, 0.25) is 5.43 Å². The number of carbonyl (C=O) groups is 1. The fourth-order valence-electron chi connectivity index (χ4n) is 5.01. The number of benzene rings is 2. The lowest BCUT2D eigenvalue weighted by atomic mass is 10.1. The average Bonchev–Trinajstić information content (AvgIpc) is 3.61. The van der Waals surface area contributed by atoms with Crippen molar-refractivity contribution in [2.24, 2.45) is 0 Å². The SMILES string of the molecule is O=C(O)c1cn(C2CC2)c2cc(N3CCN(CCc4nc5ccccc5[nH]4)CC3)c(F)cc2c1=O. The molecule has 0 spiro atoms. The lowest BCUT2D eigenvalue weighted by Crippen LogP contribution is -2.47. The molecule has 2 N–H and O–H groups in total. The molecule has 0 amide bonds. The molecule has 0 atom stereocenters. The Kier molecular flexibility index (Phi) is 5.29. The zero-order valence-corrected chi connectivity index (χ0v) is 19.2. The second kappa shape index (κ2) is 8.49. The molecule has 8 nitrogen and oxygen atoms in total. The summed E-state index contributed by atoms with van der Waals surface area (Å²) in [6.45, 7) is 3.80. The zero-order valence-electron chi connectivity index (χ0n) is 19.2. The number of carboxylic acids is 1. The van der Waals surface area contributed by atoms with E-state index in [-0.39, 0.29) is 17.0 Å². The molecule has 2 aliphatic rings. The number of aromatic nitrogens is 3. The zero-order chi connectivity index (χ0) is 24.1. The van der Waals surface area contributed by atoms with E-state index >= 15 is 4.39 Å². The van der Waals surface area contributed by atoms with E-state index in [0.29, 0.717) is 24.3 Å². The van der Waals surface area contributed by atoms with E-state index in [1.807, 2.05) is 33.7 Å². The van der Waals surface area contributed by atoms with Crippen LogP contribution in [0.25, 0.3) is 21.9 Å². The van der Waals surface area contributed by atoms with Gasteiger partial charge in [-0.05, 0) is 37.1 Å². The number of hydrogen-bond donors (Lipinski definition) is 2. The number of H-pyrrole nitrogens is 1. The number of carboxylic acid groups (broad SMARTS) is 1. The Hall–Kier alpha value is -3.72. The van der Waals surface area contributed by atoms with Gasteiger partial charge < -0.3 is 19.6 Å². The second-order valence-electron chi connectivity index (χ2n) is 9.42. The molecule has 180 valence electrons. The van der Waals surface area contributed by atoms with Crippen molar-refractivity contribution in [2.45, 2.75) is 25.3 Å². The maximum absolute atomic E-state index is 15.2. The van der Waals surface area contributed by atoms with Gasteiger partial charge in [0.25, 0.3) is 0 Å². The number of imidazole rings is 1. The van der Waals surface area contributed by atoms with Gasteiger partial charge in [0.1, 0.15) is 17.2 Å². The van der Waals surface area contributed by atoms with Crippen LogP contribution in [0.1, 0.15) is 35.1 Å². The topological polar surface area (TPSA) is 94.5 Å². The van der Waals surface area contributed by atoms with Gasteiger partial charge in [-0.15, -0.1) is 0 Å². The lowest BCUT2D eigenvalue weighted by Gasteiger charge is -2.36. The summed E-state index contributed by atoms with van der Waals surface area (Å²) in [6.07, 6.45) is 4.09. The quantitative estimate of drug-likeness (QED) is 0.444. The van der Waals surface area contributed by atoms with Crippen molar-refractivity contribution in [2.75, 3.05) is 37.6 Å². The number of aromatic amines is 1. The number of para-hydroxylation sites is 2. The summed E-state index contributed by atoms with van der Waals surface area (Å²) in [5.74, 6) is -0.808. The first-order valence-corrected chi connectivity index (χ1v) is 12.0. The molecule has 2 aromatic carbocycles. The van der Waals surface area contributed by atoms with Gasteiger partial charge in [-0.2, -0.15) is 0 Å². The van der Waals surface area contributed by atoms with Crippen molar-refractivity contribution in [1.29, 1.82) is 0 Å². The minimum atomic E-state index is -1.28. The summed E-state index contributed by atoms with van der Waals surface area (Å²) >= 11 is 0. The van der Waals surface area contributed by atoms with Crippen molar-refractivity contribution in [1.82, 2.24) is 19.4 Å².